The first-order valence-electron chi connectivity index (χ1n) is 7.63. The number of rotatable bonds is 3. The Balaban J connectivity index is 1.55. The Labute approximate surface area is 129 Å². The highest BCUT2D eigenvalue weighted by atomic mass is 79.9. The maximum absolute atomic E-state index is 13.3. The Hall–Kier alpha value is -0.450. The molecule has 1 atom stereocenters. The van der Waals surface area contributed by atoms with Crippen molar-refractivity contribution in [3.8, 4) is 0 Å². The van der Waals surface area contributed by atoms with Gasteiger partial charge in [0.1, 0.15) is 5.82 Å². The van der Waals surface area contributed by atoms with Gasteiger partial charge in [0.25, 0.3) is 0 Å². The fraction of sp³-hybridized carbons (Fsp3) is 0.625. The van der Waals surface area contributed by atoms with Crippen molar-refractivity contribution in [3.63, 3.8) is 0 Å². The molecule has 2 nitrogen and oxygen atoms in total. The molecule has 20 heavy (non-hydrogen) atoms. The minimum atomic E-state index is -0.179. The SMILES string of the molecule is Fc1ccc(CN2CCC(N3CCCCC3)C2)cc1Br. The van der Waals surface area contributed by atoms with Gasteiger partial charge in [0.15, 0.2) is 0 Å². The molecule has 0 aliphatic carbocycles. The standard InChI is InChI=1S/C16H22BrFN2/c17-15-10-13(4-5-16(15)18)11-19-9-6-14(12-19)20-7-2-1-3-8-20/h4-5,10,14H,1-3,6-9,11-12H2. The van der Waals surface area contributed by atoms with Crippen LogP contribution in [0.25, 0.3) is 0 Å². The van der Waals surface area contributed by atoms with Crippen LogP contribution in [0.3, 0.4) is 0 Å². The third-order valence-corrected chi connectivity index (χ3v) is 5.15. The number of likely N-dealkylation sites (tertiary alicyclic amines) is 2. The van der Waals surface area contributed by atoms with E-state index >= 15 is 0 Å². The second kappa shape index (κ2) is 6.54. The van der Waals surface area contributed by atoms with E-state index in [1.54, 1.807) is 6.07 Å². The molecule has 0 bridgehead atoms. The van der Waals surface area contributed by atoms with E-state index in [4.69, 9.17) is 0 Å². The fourth-order valence-electron chi connectivity index (χ4n) is 3.43. The zero-order valence-corrected chi connectivity index (χ0v) is 13.4. The Morgan fingerprint density at radius 2 is 1.95 bits per heavy atom. The van der Waals surface area contributed by atoms with Crippen molar-refractivity contribution in [1.82, 2.24) is 9.80 Å². The van der Waals surface area contributed by atoms with Gasteiger partial charge in [-0.3, -0.25) is 9.80 Å². The van der Waals surface area contributed by atoms with Crippen molar-refractivity contribution in [1.29, 1.82) is 0 Å². The molecular formula is C16H22BrFN2. The van der Waals surface area contributed by atoms with Crippen LogP contribution in [-0.2, 0) is 6.54 Å². The van der Waals surface area contributed by atoms with E-state index in [1.165, 1.54) is 44.3 Å². The maximum atomic E-state index is 13.3. The van der Waals surface area contributed by atoms with Gasteiger partial charge in [-0.2, -0.15) is 0 Å². The van der Waals surface area contributed by atoms with Crippen molar-refractivity contribution < 1.29 is 4.39 Å². The highest BCUT2D eigenvalue weighted by molar-refractivity contribution is 9.10. The minimum Gasteiger partial charge on any atom is -0.299 e. The second-order valence-corrected chi connectivity index (χ2v) is 6.88. The van der Waals surface area contributed by atoms with Crippen LogP contribution < -0.4 is 0 Å². The zero-order chi connectivity index (χ0) is 13.9. The van der Waals surface area contributed by atoms with E-state index in [2.05, 4.69) is 25.7 Å². The molecule has 2 aliphatic rings. The molecule has 3 rings (SSSR count). The van der Waals surface area contributed by atoms with Crippen molar-refractivity contribution in [2.45, 2.75) is 38.3 Å². The smallest absolute Gasteiger partial charge is 0.137 e. The van der Waals surface area contributed by atoms with E-state index in [9.17, 15) is 4.39 Å². The molecule has 0 radical (unpaired) electrons. The molecule has 0 N–H and O–H groups in total. The van der Waals surface area contributed by atoms with Crippen LogP contribution in [0.1, 0.15) is 31.2 Å². The number of halogens is 2. The molecule has 2 saturated heterocycles. The van der Waals surface area contributed by atoms with Gasteiger partial charge in [0, 0.05) is 25.7 Å². The first-order valence-corrected chi connectivity index (χ1v) is 8.42. The average Bonchev–Trinajstić information content (AvgIpc) is 2.92. The van der Waals surface area contributed by atoms with Crippen LogP contribution in [0.4, 0.5) is 4.39 Å². The summed E-state index contributed by atoms with van der Waals surface area (Å²) in [4.78, 5) is 5.17. The molecule has 0 aromatic heterocycles. The largest absolute Gasteiger partial charge is 0.299 e. The van der Waals surface area contributed by atoms with Gasteiger partial charge < -0.3 is 0 Å². The predicted molar refractivity (Wildman–Crippen MR) is 83.2 cm³/mol. The van der Waals surface area contributed by atoms with Crippen LogP contribution in [-0.4, -0.2) is 42.0 Å². The summed E-state index contributed by atoms with van der Waals surface area (Å²) in [5, 5.41) is 0. The van der Waals surface area contributed by atoms with E-state index in [-0.39, 0.29) is 5.82 Å². The Morgan fingerprint density at radius 3 is 2.70 bits per heavy atom. The van der Waals surface area contributed by atoms with Crippen LogP contribution in [0.15, 0.2) is 22.7 Å². The lowest BCUT2D eigenvalue weighted by atomic mass is 10.1. The number of benzene rings is 1. The second-order valence-electron chi connectivity index (χ2n) is 6.02. The van der Waals surface area contributed by atoms with Gasteiger partial charge in [-0.25, -0.2) is 4.39 Å². The Morgan fingerprint density at radius 1 is 1.15 bits per heavy atom. The van der Waals surface area contributed by atoms with Crippen molar-refractivity contribution in [3.05, 3.63) is 34.1 Å². The molecule has 1 unspecified atom stereocenters. The van der Waals surface area contributed by atoms with Gasteiger partial charge in [-0.1, -0.05) is 12.5 Å². The monoisotopic (exact) mass is 340 g/mol. The van der Waals surface area contributed by atoms with Crippen LogP contribution in [0.2, 0.25) is 0 Å². The van der Waals surface area contributed by atoms with E-state index in [0.717, 1.165) is 25.7 Å². The minimum absolute atomic E-state index is 0.179. The molecule has 1 aromatic rings. The quantitative estimate of drug-likeness (QED) is 0.828. The van der Waals surface area contributed by atoms with Crippen LogP contribution in [0.5, 0.6) is 0 Å². The number of hydrogen-bond donors (Lipinski definition) is 0. The Bertz CT molecular complexity index is 460. The molecule has 2 heterocycles. The summed E-state index contributed by atoms with van der Waals surface area (Å²) in [5.41, 5.74) is 1.19. The van der Waals surface area contributed by atoms with E-state index in [0.29, 0.717) is 4.47 Å². The molecular weight excluding hydrogens is 319 g/mol. The lowest BCUT2D eigenvalue weighted by Crippen LogP contribution is -2.40. The number of hydrogen-bond acceptors (Lipinski definition) is 2. The molecule has 0 amide bonds. The Kier molecular flexibility index (Phi) is 4.74. The summed E-state index contributed by atoms with van der Waals surface area (Å²) in [5.74, 6) is -0.179. The predicted octanol–water partition coefficient (Wildman–Crippen LogP) is 3.65. The third-order valence-electron chi connectivity index (χ3n) is 4.54. The van der Waals surface area contributed by atoms with Gasteiger partial charge in [0.2, 0.25) is 0 Å². The van der Waals surface area contributed by atoms with Crippen LogP contribution >= 0.6 is 15.9 Å². The topological polar surface area (TPSA) is 6.48 Å². The average molecular weight is 341 g/mol. The van der Waals surface area contributed by atoms with Crippen molar-refractivity contribution in [2.24, 2.45) is 0 Å². The maximum Gasteiger partial charge on any atom is 0.137 e. The first kappa shape index (κ1) is 14.5. The molecule has 0 saturated carbocycles. The number of nitrogens with zero attached hydrogens (tertiary/aromatic N) is 2. The van der Waals surface area contributed by atoms with Crippen LogP contribution in [0, 0.1) is 5.82 Å². The summed E-state index contributed by atoms with van der Waals surface area (Å²) in [6.45, 7) is 5.82. The summed E-state index contributed by atoms with van der Waals surface area (Å²) >= 11 is 3.27. The summed E-state index contributed by atoms with van der Waals surface area (Å²) in [6.07, 6.45) is 5.40. The summed E-state index contributed by atoms with van der Waals surface area (Å²) < 4.78 is 13.8. The number of piperidine rings is 1. The van der Waals surface area contributed by atoms with Crippen molar-refractivity contribution in [2.75, 3.05) is 26.2 Å². The lowest BCUT2D eigenvalue weighted by Gasteiger charge is -2.32. The highest BCUT2D eigenvalue weighted by Crippen LogP contribution is 2.23. The molecule has 0 spiro atoms. The first-order chi connectivity index (χ1) is 9.72. The molecule has 4 heteroatoms. The van der Waals surface area contributed by atoms with Gasteiger partial charge >= 0.3 is 0 Å². The zero-order valence-electron chi connectivity index (χ0n) is 11.8. The fourth-order valence-corrected chi connectivity index (χ4v) is 3.86. The molecule has 2 fully saturated rings. The lowest BCUT2D eigenvalue weighted by molar-refractivity contribution is 0.161. The third kappa shape index (κ3) is 3.41. The van der Waals surface area contributed by atoms with Gasteiger partial charge in [-0.15, -0.1) is 0 Å². The molecule has 1 aromatic carbocycles. The van der Waals surface area contributed by atoms with Gasteiger partial charge in [0.05, 0.1) is 4.47 Å². The summed E-state index contributed by atoms with van der Waals surface area (Å²) in [6, 6.07) is 6.09. The van der Waals surface area contributed by atoms with Gasteiger partial charge in [-0.05, 0) is 66.0 Å². The molecule has 110 valence electrons. The summed E-state index contributed by atoms with van der Waals surface area (Å²) in [7, 11) is 0. The molecule has 2 aliphatic heterocycles. The highest BCUT2D eigenvalue weighted by Gasteiger charge is 2.28. The van der Waals surface area contributed by atoms with Crippen molar-refractivity contribution >= 4 is 15.9 Å². The van der Waals surface area contributed by atoms with E-state index < -0.39 is 0 Å². The van der Waals surface area contributed by atoms with E-state index in [1.807, 2.05) is 12.1 Å². The normalized spacial score (nSPS) is 25.2.